The minimum Gasteiger partial charge on any atom is -0.467 e. The van der Waals surface area contributed by atoms with Crippen LogP contribution in [0.1, 0.15) is 36.0 Å². The molecule has 3 amide bonds. The van der Waals surface area contributed by atoms with Gasteiger partial charge in [0.05, 0.1) is 36.7 Å². The SMILES string of the molecule is CCC(SC1=Nc2ccccc2C2=NC(CC(=O)NCc3cccs3)C(=O)N12)C(=O)NCc1ccco1. The van der Waals surface area contributed by atoms with Crippen molar-refractivity contribution >= 4 is 57.5 Å². The van der Waals surface area contributed by atoms with Crippen molar-refractivity contribution < 1.29 is 18.8 Å². The number of fused-ring (bicyclic) bond motifs is 3. The van der Waals surface area contributed by atoms with E-state index in [9.17, 15) is 14.4 Å². The molecule has 0 bridgehead atoms. The molecule has 2 aromatic heterocycles. The second-order valence-corrected chi connectivity index (χ2v) is 10.6. The van der Waals surface area contributed by atoms with E-state index in [0.29, 0.717) is 35.4 Å². The van der Waals surface area contributed by atoms with Gasteiger partial charge in [0.25, 0.3) is 5.91 Å². The maximum Gasteiger partial charge on any atom is 0.259 e. The van der Waals surface area contributed by atoms with Gasteiger partial charge in [0, 0.05) is 10.4 Å². The van der Waals surface area contributed by atoms with Gasteiger partial charge in [-0.15, -0.1) is 11.3 Å². The number of thiophene rings is 1. The number of nitrogens with zero attached hydrogens (tertiary/aromatic N) is 3. The molecule has 2 atom stereocenters. The monoisotopic (exact) mass is 535 g/mol. The summed E-state index contributed by atoms with van der Waals surface area (Å²) < 4.78 is 5.29. The van der Waals surface area contributed by atoms with E-state index in [4.69, 9.17) is 9.41 Å². The number of amidine groups is 2. The number of hydrogen-bond acceptors (Lipinski definition) is 8. The Morgan fingerprint density at radius 2 is 2.00 bits per heavy atom. The number of aliphatic imine (C=N–C) groups is 2. The van der Waals surface area contributed by atoms with Crippen LogP contribution in [0.3, 0.4) is 0 Å². The standard InChI is InChI=1S/C26H25N5O4S2/c1-2-21(24(33)28-14-16-7-5-11-35-16)37-26-30-19-10-4-3-9-18(19)23-29-20(25(34)31(23)26)13-22(32)27-15-17-8-6-12-36-17/h3-12,20-21H,2,13-15H2,1H3,(H,27,32)(H,28,33). The zero-order valence-corrected chi connectivity index (χ0v) is 21.7. The van der Waals surface area contributed by atoms with E-state index >= 15 is 0 Å². The van der Waals surface area contributed by atoms with Crippen LogP contribution in [-0.2, 0) is 27.5 Å². The fourth-order valence-corrected chi connectivity index (χ4v) is 5.70. The number of hydrogen-bond donors (Lipinski definition) is 2. The van der Waals surface area contributed by atoms with Crippen molar-refractivity contribution in [2.24, 2.45) is 9.98 Å². The average molecular weight is 536 g/mol. The van der Waals surface area contributed by atoms with Crippen LogP contribution in [0.25, 0.3) is 0 Å². The lowest BCUT2D eigenvalue weighted by atomic mass is 10.1. The van der Waals surface area contributed by atoms with E-state index < -0.39 is 11.3 Å². The van der Waals surface area contributed by atoms with Crippen molar-refractivity contribution in [2.45, 2.75) is 44.1 Å². The highest BCUT2D eigenvalue weighted by atomic mass is 32.2. The second kappa shape index (κ2) is 11.1. The Bertz CT molecular complexity index is 1350. The lowest BCUT2D eigenvalue weighted by Gasteiger charge is -2.27. The van der Waals surface area contributed by atoms with E-state index in [1.54, 1.807) is 29.7 Å². The molecular formula is C26H25N5O4S2. The van der Waals surface area contributed by atoms with Gasteiger partial charge in [0.2, 0.25) is 11.8 Å². The number of nitrogens with one attached hydrogen (secondary N) is 2. The molecule has 0 radical (unpaired) electrons. The molecule has 9 nitrogen and oxygen atoms in total. The van der Waals surface area contributed by atoms with Gasteiger partial charge in [0.1, 0.15) is 17.6 Å². The topological polar surface area (TPSA) is 116 Å². The number of para-hydroxylation sites is 1. The Morgan fingerprint density at radius 1 is 1.14 bits per heavy atom. The number of thioether (sulfide) groups is 1. The third-order valence-corrected chi connectivity index (χ3v) is 8.09. The molecule has 0 spiro atoms. The zero-order valence-electron chi connectivity index (χ0n) is 20.0. The first-order valence-electron chi connectivity index (χ1n) is 11.9. The summed E-state index contributed by atoms with van der Waals surface area (Å²) in [5, 5.41) is 7.58. The lowest BCUT2D eigenvalue weighted by Crippen LogP contribution is -2.43. The summed E-state index contributed by atoms with van der Waals surface area (Å²) in [4.78, 5) is 50.9. The van der Waals surface area contributed by atoms with Crippen LogP contribution in [0.2, 0.25) is 0 Å². The number of rotatable bonds is 9. The molecule has 2 aliphatic rings. The third-order valence-electron chi connectivity index (χ3n) is 5.89. The Balaban J connectivity index is 1.32. The highest BCUT2D eigenvalue weighted by Gasteiger charge is 2.43. The van der Waals surface area contributed by atoms with Crippen molar-refractivity contribution in [1.82, 2.24) is 15.5 Å². The van der Waals surface area contributed by atoms with E-state index in [1.807, 2.05) is 48.7 Å². The van der Waals surface area contributed by atoms with Crippen molar-refractivity contribution in [2.75, 3.05) is 0 Å². The Hall–Kier alpha value is -3.70. The molecule has 5 rings (SSSR count). The predicted octanol–water partition coefficient (Wildman–Crippen LogP) is 3.83. The fourth-order valence-electron chi connectivity index (χ4n) is 4.01. The molecule has 0 saturated carbocycles. The maximum atomic E-state index is 13.5. The van der Waals surface area contributed by atoms with E-state index in [0.717, 1.165) is 10.4 Å². The summed E-state index contributed by atoms with van der Waals surface area (Å²) in [6, 6.07) is 14.0. The zero-order chi connectivity index (χ0) is 25.8. The first-order chi connectivity index (χ1) is 18.0. The molecular weight excluding hydrogens is 510 g/mol. The summed E-state index contributed by atoms with van der Waals surface area (Å²) >= 11 is 2.77. The van der Waals surface area contributed by atoms with E-state index in [1.165, 1.54) is 16.7 Å². The van der Waals surface area contributed by atoms with Gasteiger partial charge in [-0.25, -0.2) is 9.89 Å². The van der Waals surface area contributed by atoms with Gasteiger partial charge in [-0.1, -0.05) is 36.9 Å². The molecule has 1 aromatic carbocycles. The predicted molar refractivity (Wildman–Crippen MR) is 144 cm³/mol. The normalized spacial score (nSPS) is 16.9. The number of benzene rings is 1. The number of carbonyl (C=O) groups excluding carboxylic acids is 3. The van der Waals surface area contributed by atoms with Gasteiger partial charge in [0.15, 0.2) is 5.17 Å². The van der Waals surface area contributed by atoms with Crippen molar-refractivity contribution in [3.8, 4) is 0 Å². The molecule has 0 saturated heterocycles. The summed E-state index contributed by atoms with van der Waals surface area (Å²) in [6.45, 7) is 2.59. The van der Waals surface area contributed by atoms with Crippen LogP contribution in [0.5, 0.6) is 0 Å². The van der Waals surface area contributed by atoms with E-state index in [-0.39, 0.29) is 30.7 Å². The van der Waals surface area contributed by atoms with Crippen LogP contribution >= 0.6 is 23.1 Å². The van der Waals surface area contributed by atoms with Gasteiger partial charge in [-0.2, -0.15) is 0 Å². The molecule has 0 aliphatic carbocycles. The highest BCUT2D eigenvalue weighted by molar-refractivity contribution is 8.15. The van der Waals surface area contributed by atoms with Gasteiger partial charge in [-0.3, -0.25) is 19.4 Å². The molecule has 190 valence electrons. The number of amides is 3. The third kappa shape index (κ3) is 5.52. The second-order valence-electron chi connectivity index (χ2n) is 8.43. The van der Waals surface area contributed by atoms with Crippen molar-refractivity contribution in [1.29, 1.82) is 0 Å². The molecule has 2 aliphatic heterocycles. The number of carbonyl (C=O) groups is 3. The average Bonchev–Trinajstić information content (AvgIpc) is 3.67. The van der Waals surface area contributed by atoms with Crippen LogP contribution in [0.15, 0.2) is 74.6 Å². The first kappa shape index (κ1) is 25.0. The summed E-state index contributed by atoms with van der Waals surface area (Å²) in [6.07, 6.45) is 2.02. The highest BCUT2D eigenvalue weighted by Crippen LogP contribution is 2.35. The molecule has 0 fully saturated rings. The first-order valence-corrected chi connectivity index (χ1v) is 13.6. The summed E-state index contributed by atoms with van der Waals surface area (Å²) in [7, 11) is 0. The molecule has 11 heteroatoms. The van der Waals surface area contributed by atoms with Crippen LogP contribution in [-0.4, -0.2) is 44.9 Å². The summed E-state index contributed by atoms with van der Waals surface area (Å²) in [5.74, 6) is 0.355. The van der Waals surface area contributed by atoms with E-state index in [2.05, 4.69) is 15.6 Å². The minimum atomic E-state index is -0.858. The lowest BCUT2D eigenvalue weighted by molar-refractivity contribution is -0.128. The molecule has 4 heterocycles. The molecule has 2 N–H and O–H groups in total. The molecule has 3 aromatic rings. The van der Waals surface area contributed by atoms with Crippen LogP contribution < -0.4 is 10.6 Å². The van der Waals surface area contributed by atoms with Gasteiger partial charge >= 0.3 is 0 Å². The summed E-state index contributed by atoms with van der Waals surface area (Å²) in [5.41, 5.74) is 1.39. The van der Waals surface area contributed by atoms with Crippen LogP contribution in [0.4, 0.5) is 5.69 Å². The smallest absolute Gasteiger partial charge is 0.259 e. The Kier molecular flexibility index (Phi) is 7.52. The van der Waals surface area contributed by atoms with Crippen molar-refractivity contribution in [3.63, 3.8) is 0 Å². The minimum absolute atomic E-state index is 0.0643. The fraction of sp³-hybridized carbons (Fsp3) is 0.269. The quantitative estimate of drug-likeness (QED) is 0.432. The van der Waals surface area contributed by atoms with Gasteiger partial charge in [-0.05, 0) is 42.1 Å². The Labute approximate surface area is 222 Å². The van der Waals surface area contributed by atoms with Crippen molar-refractivity contribution in [3.05, 3.63) is 76.4 Å². The van der Waals surface area contributed by atoms with Crippen LogP contribution in [0, 0.1) is 0 Å². The maximum absolute atomic E-state index is 13.5. The largest absolute Gasteiger partial charge is 0.467 e. The number of furan rings is 1. The Morgan fingerprint density at radius 3 is 2.76 bits per heavy atom. The molecule has 37 heavy (non-hydrogen) atoms. The van der Waals surface area contributed by atoms with Gasteiger partial charge < -0.3 is 15.1 Å². The molecule has 2 unspecified atom stereocenters.